The summed E-state index contributed by atoms with van der Waals surface area (Å²) in [4.78, 5) is 13.4. The summed E-state index contributed by atoms with van der Waals surface area (Å²) >= 11 is 0. The van der Waals surface area contributed by atoms with Crippen molar-refractivity contribution in [1.29, 1.82) is 0 Å². The second-order valence-electron chi connectivity index (χ2n) is 5.81. The summed E-state index contributed by atoms with van der Waals surface area (Å²) < 4.78 is 5.55. The Hall–Kier alpha value is -1.29. The number of carbonyl (C=O) groups is 1. The molecule has 104 valence electrons. The van der Waals surface area contributed by atoms with Crippen LogP contribution in [0.25, 0.3) is 0 Å². The summed E-state index contributed by atoms with van der Waals surface area (Å²) in [7, 11) is 0. The van der Waals surface area contributed by atoms with Crippen LogP contribution in [0.15, 0.2) is 16.7 Å². The first-order valence-corrected chi connectivity index (χ1v) is 7.26. The first kappa shape index (κ1) is 12.7. The molecule has 1 aromatic heterocycles. The maximum atomic E-state index is 10.9. The molecule has 1 N–H and O–H groups in total. The molecular formula is C15H21NO3. The minimum absolute atomic E-state index is 0.307. The van der Waals surface area contributed by atoms with Crippen LogP contribution in [0.3, 0.4) is 0 Å². The van der Waals surface area contributed by atoms with Crippen molar-refractivity contribution < 1.29 is 14.3 Å². The van der Waals surface area contributed by atoms with Gasteiger partial charge in [0.1, 0.15) is 5.76 Å². The first-order valence-electron chi connectivity index (χ1n) is 7.26. The number of aliphatic carboxylic acids is 1. The van der Waals surface area contributed by atoms with E-state index in [1.165, 1.54) is 18.4 Å². The average molecular weight is 263 g/mol. The van der Waals surface area contributed by atoms with Crippen molar-refractivity contribution >= 4 is 5.97 Å². The van der Waals surface area contributed by atoms with Gasteiger partial charge >= 0.3 is 5.97 Å². The third kappa shape index (κ3) is 2.68. The molecule has 3 rings (SSSR count). The molecule has 4 heteroatoms. The zero-order valence-corrected chi connectivity index (χ0v) is 11.2. The number of carboxylic acid groups (broad SMARTS) is 1. The fourth-order valence-electron chi connectivity index (χ4n) is 3.64. The van der Waals surface area contributed by atoms with E-state index in [1.54, 1.807) is 6.26 Å². The zero-order chi connectivity index (χ0) is 13.2. The molecule has 1 fully saturated rings. The van der Waals surface area contributed by atoms with Crippen molar-refractivity contribution in [1.82, 2.24) is 4.90 Å². The average Bonchev–Trinajstić information content (AvgIpc) is 2.86. The van der Waals surface area contributed by atoms with Crippen LogP contribution in [0.1, 0.15) is 49.5 Å². The molecule has 19 heavy (non-hydrogen) atoms. The van der Waals surface area contributed by atoms with Gasteiger partial charge in [0.15, 0.2) is 0 Å². The number of piperidine rings is 1. The minimum atomic E-state index is -0.667. The van der Waals surface area contributed by atoms with Gasteiger partial charge in [-0.2, -0.15) is 0 Å². The summed E-state index contributed by atoms with van der Waals surface area (Å²) in [6.07, 6.45) is 7.65. The number of furan rings is 1. The van der Waals surface area contributed by atoms with Crippen LogP contribution in [0.5, 0.6) is 0 Å². The van der Waals surface area contributed by atoms with Crippen LogP contribution < -0.4 is 0 Å². The normalized spacial score (nSPS) is 28.0. The molecule has 0 radical (unpaired) electrons. The molecule has 0 aromatic carbocycles. The van der Waals surface area contributed by atoms with Gasteiger partial charge in [-0.3, -0.25) is 9.69 Å². The Balaban J connectivity index is 1.71. The van der Waals surface area contributed by atoms with E-state index < -0.39 is 5.97 Å². The zero-order valence-electron chi connectivity index (χ0n) is 11.2. The molecule has 1 aromatic rings. The molecule has 2 heterocycles. The number of hydrogen-bond acceptors (Lipinski definition) is 3. The third-order valence-corrected chi connectivity index (χ3v) is 4.47. The van der Waals surface area contributed by atoms with Crippen LogP contribution in [-0.2, 0) is 11.2 Å². The number of carboxylic acids is 1. The van der Waals surface area contributed by atoms with Gasteiger partial charge in [-0.25, -0.2) is 0 Å². The van der Waals surface area contributed by atoms with E-state index in [0.29, 0.717) is 18.4 Å². The topological polar surface area (TPSA) is 53.7 Å². The number of rotatable bonds is 3. The molecule has 1 aliphatic heterocycles. The monoisotopic (exact) mass is 263 g/mol. The summed E-state index contributed by atoms with van der Waals surface area (Å²) in [5, 5.41) is 8.95. The molecule has 0 spiro atoms. The largest absolute Gasteiger partial charge is 0.481 e. The van der Waals surface area contributed by atoms with Gasteiger partial charge in [-0.05, 0) is 44.2 Å². The van der Waals surface area contributed by atoms with Gasteiger partial charge in [0.25, 0.3) is 0 Å². The molecule has 2 aliphatic rings. The molecule has 0 bridgehead atoms. The lowest BCUT2D eigenvalue weighted by Gasteiger charge is -2.39. The van der Waals surface area contributed by atoms with Crippen molar-refractivity contribution in [3.05, 3.63) is 23.7 Å². The van der Waals surface area contributed by atoms with E-state index >= 15 is 0 Å². The van der Waals surface area contributed by atoms with Crippen LogP contribution in [0.4, 0.5) is 0 Å². The molecule has 0 saturated carbocycles. The van der Waals surface area contributed by atoms with Gasteiger partial charge in [0.2, 0.25) is 0 Å². The standard InChI is InChI=1S/C15H21NO3/c17-15(18)9-11-3-2-7-16(10-11)13-4-1-5-14-12(13)6-8-19-14/h6,8,11,13H,1-5,7,9-10H2,(H,17,18). The first-order chi connectivity index (χ1) is 9.24. The van der Waals surface area contributed by atoms with Gasteiger partial charge in [-0.15, -0.1) is 0 Å². The second kappa shape index (κ2) is 5.37. The highest BCUT2D eigenvalue weighted by molar-refractivity contribution is 5.67. The lowest BCUT2D eigenvalue weighted by atomic mass is 9.88. The highest BCUT2D eigenvalue weighted by Gasteiger charge is 2.31. The Bertz CT molecular complexity index is 454. The summed E-state index contributed by atoms with van der Waals surface area (Å²) in [6.45, 7) is 2.01. The van der Waals surface area contributed by atoms with Crippen LogP contribution >= 0.6 is 0 Å². The van der Waals surface area contributed by atoms with Gasteiger partial charge < -0.3 is 9.52 Å². The lowest BCUT2D eigenvalue weighted by Crippen LogP contribution is -2.39. The van der Waals surface area contributed by atoms with E-state index in [-0.39, 0.29) is 0 Å². The molecule has 1 aliphatic carbocycles. The second-order valence-corrected chi connectivity index (χ2v) is 5.81. The fourth-order valence-corrected chi connectivity index (χ4v) is 3.64. The summed E-state index contributed by atoms with van der Waals surface area (Å²) in [5.41, 5.74) is 1.34. The highest BCUT2D eigenvalue weighted by atomic mass is 16.4. The maximum absolute atomic E-state index is 10.9. The van der Waals surface area contributed by atoms with Crippen LogP contribution in [-0.4, -0.2) is 29.1 Å². The molecule has 2 unspecified atom stereocenters. The SMILES string of the molecule is O=C(O)CC1CCCN(C2CCCc3occc32)C1. The number of likely N-dealkylation sites (tertiary alicyclic amines) is 1. The molecule has 1 saturated heterocycles. The number of aryl methyl sites for hydroxylation is 1. The predicted molar refractivity (Wildman–Crippen MR) is 70.9 cm³/mol. The quantitative estimate of drug-likeness (QED) is 0.911. The molecule has 0 amide bonds. The van der Waals surface area contributed by atoms with Crippen molar-refractivity contribution in [2.45, 2.75) is 44.6 Å². The smallest absolute Gasteiger partial charge is 0.303 e. The predicted octanol–water partition coefficient (Wildman–Crippen LogP) is 2.84. The fraction of sp³-hybridized carbons (Fsp3) is 0.667. The Labute approximate surface area is 113 Å². The van der Waals surface area contributed by atoms with Crippen molar-refractivity contribution in [2.75, 3.05) is 13.1 Å². The van der Waals surface area contributed by atoms with Gasteiger partial charge in [0, 0.05) is 31.0 Å². The summed E-state index contributed by atoms with van der Waals surface area (Å²) in [5.74, 6) is 0.777. The van der Waals surface area contributed by atoms with Crippen molar-refractivity contribution in [2.24, 2.45) is 5.92 Å². The number of hydrogen-bond donors (Lipinski definition) is 1. The number of fused-ring (bicyclic) bond motifs is 1. The van der Waals surface area contributed by atoms with E-state index in [9.17, 15) is 4.79 Å². The molecular weight excluding hydrogens is 242 g/mol. The number of nitrogens with zero attached hydrogens (tertiary/aromatic N) is 1. The Morgan fingerprint density at radius 1 is 1.42 bits per heavy atom. The van der Waals surface area contributed by atoms with E-state index in [4.69, 9.17) is 9.52 Å². The van der Waals surface area contributed by atoms with E-state index in [2.05, 4.69) is 11.0 Å². The molecule has 4 nitrogen and oxygen atoms in total. The van der Waals surface area contributed by atoms with Crippen LogP contribution in [0.2, 0.25) is 0 Å². The van der Waals surface area contributed by atoms with Crippen molar-refractivity contribution in [3.8, 4) is 0 Å². The van der Waals surface area contributed by atoms with Crippen molar-refractivity contribution in [3.63, 3.8) is 0 Å². The van der Waals surface area contributed by atoms with Gasteiger partial charge in [0.05, 0.1) is 6.26 Å². The third-order valence-electron chi connectivity index (χ3n) is 4.47. The Morgan fingerprint density at radius 2 is 2.32 bits per heavy atom. The highest BCUT2D eigenvalue weighted by Crippen LogP contribution is 2.37. The van der Waals surface area contributed by atoms with Gasteiger partial charge in [-0.1, -0.05) is 0 Å². The van der Waals surface area contributed by atoms with E-state index in [0.717, 1.165) is 38.1 Å². The maximum Gasteiger partial charge on any atom is 0.303 e. The molecule has 2 atom stereocenters. The lowest BCUT2D eigenvalue weighted by molar-refractivity contribution is -0.138. The van der Waals surface area contributed by atoms with E-state index in [1.807, 2.05) is 0 Å². The summed E-state index contributed by atoms with van der Waals surface area (Å²) in [6, 6.07) is 2.54. The Morgan fingerprint density at radius 3 is 3.16 bits per heavy atom. The Kier molecular flexibility index (Phi) is 3.60. The minimum Gasteiger partial charge on any atom is -0.481 e. The van der Waals surface area contributed by atoms with Crippen LogP contribution in [0, 0.1) is 5.92 Å².